The Morgan fingerprint density at radius 1 is 1.12 bits per heavy atom. The molecule has 0 aliphatic heterocycles. The number of thiocyanates is 1. The van der Waals surface area contributed by atoms with Gasteiger partial charge in [0.25, 0.3) is 5.91 Å². The van der Waals surface area contributed by atoms with Gasteiger partial charge in [0, 0.05) is 11.1 Å². The third-order valence-corrected chi connectivity index (χ3v) is 2.85. The largest absolute Gasteiger partial charge is 2.00 e. The number of phenols is 1. The second-order valence-electron chi connectivity index (χ2n) is 4.29. The molecule has 135 valence electrons. The predicted molar refractivity (Wildman–Crippen MR) is 98.4 cm³/mol. The van der Waals surface area contributed by atoms with E-state index in [-0.39, 0.29) is 33.2 Å². The SMILES string of the molecule is N#C[S-].O=C(NC(=S)N[N-]C(=O)c1ccccc1O)c1ccccc1.[Co+2]. The fraction of sp³-hybridized carbons (Fsp3) is 0. The smallest absolute Gasteiger partial charge is 0.696 e. The van der Waals surface area contributed by atoms with E-state index < -0.39 is 11.8 Å². The minimum Gasteiger partial charge on any atom is -0.696 e. The molecule has 0 saturated heterocycles. The van der Waals surface area contributed by atoms with Crippen LogP contribution in [0.25, 0.3) is 5.43 Å². The van der Waals surface area contributed by atoms with Crippen molar-refractivity contribution in [2.75, 3.05) is 0 Å². The van der Waals surface area contributed by atoms with Crippen LogP contribution in [0, 0.1) is 10.7 Å². The van der Waals surface area contributed by atoms with Crippen molar-refractivity contribution in [1.29, 1.82) is 5.26 Å². The summed E-state index contributed by atoms with van der Waals surface area (Å²) < 4.78 is 0. The number of carbonyl (C=O) groups is 2. The van der Waals surface area contributed by atoms with Gasteiger partial charge in [-0.25, -0.2) is 5.26 Å². The maximum absolute atomic E-state index is 11.8. The molecule has 2 rings (SSSR count). The molecule has 0 aliphatic rings. The van der Waals surface area contributed by atoms with Crippen molar-refractivity contribution in [3.05, 3.63) is 71.1 Å². The van der Waals surface area contributed by atoms with Crippen molar-refractivity contribution in [1.82, 2.24) is 10.7 Å². The monoisotopic (exact) mass is 431 g/mol. The predicted octanol–water partition coefficient (Wildman–Crippen LogP) is 2.14. The number of para-hydroxylation sites is 1. The van der Waals surface area contributed by atoms with Gasteiger partial charge in [0.15, 0.2) is 5.11 Å². The van der Waals surface area contributed by atoms with E-state index >= 15 is 0 Å². The molecule has 0 aromatic heterocycles. The zero-order valence-electron chi connectivity index (χ0n) is 13.0. The fourth-order valence-electron chi connectivity index (χ4n) is 1.61. The van der Waals surface area contributed by atoms with Crippen molar-refractivity contribution in [3.63, 3.8) is 0 Å². The number of aromatic hydroxyl groups is 1. The molecular formula is C16H12CoN4O3S2. The van der Waals surface area contributed by atoms with Gasteiger partial charge in [-0.05, 0) is 36.5 Å². The van der Waals surface area contributed by atoms with Crippen molar-refractivity contribution in [3.8, 4) is 11.2 Å². The van der Waals surface area contributed by atoms with Gasteiger partial charge >= 0.3 is 16.8 Å². The average molecular weight is 431 g/mol. The Kier molecular flexibility index (Phi) is 11.3. The Morgan fingerprint density at radius 2 is 1.65 bits per heavy atom. The summed E-state index contributed by atoms with van der Waals surface area (Å²) in [7, 11) is 0. The van der Waals surface area contributed by atoms with Crippen LogP contribution in [0.2, 0.25) is 0 Å². The number of phenolic OH excluding ortho intramolecular Hbond substituents is 1. The van der Waals surface area contributed by atoms with Gasteiger partial charge in [-0.3, -0.25) is 10.1 Å². The average Bonchev–Trinajstić information content (AvgIpc) is 2.61. The number of amides is 2. The van der Waals surface area contributed by atoms with Gasteiger partial charge in [0.1, 0.15) is 11.7 Å². The topological polar surface area (TPSA) is 116 Å². The van der Waals surface area contributed by atoms with Crippen LogP contribution < -0.4 is 10.7 Å². The molecule has 0 saturated carbocycles. The first-order valence-electron chi connectivity index (χ1n) is 6.70. The van der Waals surface area contributed by atoms with Crippen LogP contribution in [0.15, 0.2) is 54.6 Å². The number of thiocarbonyl (C=S) groups is 1. The standard InChI is InChI=1S/C15H13N3O3S.CHNS.Co/c19-12-9-5-4-8-11(12)14(21)17-18-15(22)16-13(20)10-6-2-1-3-7-10;2-1-3;/h1-9H,(H4,16,17,18,19,20,21,22);3H;/q;;+2/p-2. The summed E-state index contributed by atoms with van der Waals surface area (Å²) in [4.78, 5) is 23.6. The number of nitrogens with one attached hydrogen (secondary N) is 2. The number of nitrogens with zero attached hydrogens (tertiary/aromatic N) is 2. The number of hydrogen-bond donors (Lipinski definition) is 3. The number of carbonyl (C=O) groups excluding carboxylic acids is 2. The van der Waals surface area contributed by atoms with Crippen LogP contribution in [0.5, 0.6) is 5.75 Å². The molecule has 7 nitrogen and oxygen atoms in total. The zero-order valence-corrected chi connectivity index (χ0v) is 15.7. The molecule has 3 N–H and O–H groups in total. The molecule has 10 heteroatoms. The van der Waals surface area contributed by atoms with E-state index in [1.54, 1.807) is 42.5 Å². The molecule has 0 fully saturated rings. The van der Waals surface area contributed by atoms with E-state index in [0.29, 0.717) is 5.56 Å². The molecule has 0 spiro atoms. The van der Waals surface area contributed by atoms with Crippen LogP contribution in [0.1, 0.15) is 20.7 Å². The second-order valence-corrected chi connectivity index (χ2v) is 4.88. The van der Waals surface area contributed by atoms with E-state index in [2.05, 4.69) is 28.8 Å². The number of benzene rings is 2. The summed E-state index contributed by atoms with van der Waals surface area (Å²) in [5, 5.41) is 20.3. The summed E-state index contributed by atoms with van der Waals surface area (Å²) in [6.45, 7) is 0. The molecule has 2 amide bonds. The molecule has 26 heavy (non-hydrogen) atoms. The van der Waals surface area contributed by atoms with Crippen molar-refractivity contribution >= 4 is 41.8 Å². The first-order chi connectivity index (χ1) is 12.0. The van der Waals surface area contributed by atoms with Crippen molar-refractivity contribution in [2.45, 2.75) is 0 Å². The Morgan fingerprint density at radius 3 is 2.23 bits per heavy atom. The van der Waals surface area contributed by atoms with Gasteiger partial charge in [-0.1, -0.05) is 35.7 Å². The van der Waals surface area contributed by atoms with Crippen LogP contribution in [0.4, 0.5) is 0 Å². The van der Waals surface area contributed by atoms with Crippen LogP contribution >= 0.6 is 12.2 Å². The minimum atomic E-state index is -0.700. The zero-order chi connectivity index (χ0) is 18.7. The van der Waals surface area contributed by atoms with Crippen molar-refractivity contribution in [2.24, 2.45) is 0 Å². The van der Waals surface area contributed by atoms with Gasteiger partial charge in [0.05, 0.1) is 0 Å². The summed E-state index contributed by atoms with van der Waals surface area (Å²) in [5.74, 6) is -1.30. The molecule has 0 heterocycles. The van der Waals surface area contributed by atoms with Crippen LogP contribution in [-0.2, 0) is 29.4 Å². The minimum absolute atomic E-state index is 0. The van der Waals surface area contributed by atoms with E-state index in [1.807, 2.05) is 0 Å². The number of hydrogen-bond acceptors (Lipinski definition) is 6. The molecule has 1 radical (unpaired) electrons. The van der Waals surface area contributed by atoms with Crippen molar-refractivity contribution < 1.29 is 31.5 Å². The van der Waals surface area contributed by atoms with Gasteiger partial charge in [-0.15, -0.1) is 0 Å². The third-order valence-electron chi connectivity index (χ3n) is 2.66. The summed E-state index contributed by atoms with van der Waals surface area (Å²) in [6, 6.07) is 14.5. The molecular weight excluding hydrogens is 419 g/mol. The maximum Gasteiger partial charge on any atom is 2.00 e. The first kappa shape index (κ1) is 23.3. The Hall–Kier alpha value is -2.71. The number of nitriles is 1. The Labute approximate surface area is 171 Å². The third kappa shape index (κ3) is 7.91. The second kappa shape index (κ2) is 12.6. The van der Waals surface area contributed by atoms with E-state index in [4.69, 9.17) is 17.5 Å². The fourth-order valence-corrected chi connectivity index (χ4v) is 1.75. The molecule has 0 atom stereocenters. The number of rotatable bonds is 2. The summed E-state index contributed by atoms with van der Waals surface area (Å²) in [6.07, 6.45) is 0. The van der Waals surface area contributed by atoms with Gasteiger partial charge < -0.3 is 33.4 Å². The molecule has 2 aromatic carbocycles. The van der Waals surface area contributed by atoms with Crippen LogP contribution in [0.3, 0.4) is 0 Å². The quantitative estimate of drug-likeness (QED) is 0.289. The maximum atomic E-state index is 11.8. The Balaban J connectivity index is 0.00000146. The van der Waals surface area contributed by atoms with Gasteiger partial charge in [-0.2, -0.15) is 0 Å². The van der Waals surface area contributed by atoms with E-state index in [0.717, 1.165) is 0 Å². The summed E-state index contributed by atoms with van der Waals surface area (Å²) in [5.41, 5.74) is 6.23. The molecule has 0 bridgehead atoms. The van der Waals surface area contributed by atoms with Gasteiger partial charge in [0.2, 0.25) is 0 Å². The van der Waals surface area contributed by atoms with Crippen LogP contribution in [-0.4, -0.2) is 22.0 Å². The normalized spacial score (nSPS) is 8.42. The molecule has 2 aromatic rings. The first-order valence-corrected chi connectivity index (χ1v) is 7.52. The molecule has 0 unspecified atom stereocenters. The summed E-state index contributed by atoms with van der Waals surface area (Å²) >= 11 is 8.58. The molecule has 0 aliphatic carbocycles. The van der Waals surface area contributed by atoms with E-state index in [1.165, 1.54) is 17.5 Å². The van der Waals surface area contributed by atoms with E-state index in [9.17, 15) is 14.7 Å². The Bertz CT molecular complexity index is 798.